The van der Waals surface area contributed by atoms with Gasteiger partial charge in [0.05, 0.1) is 19.8 Å². The summed E-state index contributed by atoms with van der Waals surface area (Å²) in [4.78, 5) is 9.63. The molecule has 2 aromatic rings. The number of aryl methyl sites for hydroxylation is 1. The zero-order valence-electron chi connectivity index (χ0n) is 16.2. The molecule has 27 heavy (non-hydrogen) atoms. The van der Waals surface area contributed by atoms with E-state index in [4.69, 9.17) is 4.74 Å². The highest BCUT2D eigenvalue weighted by Crippen LogP contribution is 2.19. The lowest BCUT2D eigenvalue weighted by atomic mass is 10.1. The van der Waals surface area contributed by atoms with Gasteiger partial charge < -0.3 is 15.0 Å². The first-order chi connectivity index (χ1) is 12.8. The average Bonchev–Trinajstić information content (AvgIpc) is 3.33. The van der Waals surface area contributed by atoms with Gasteiger partial charge in [0.15, 0.2) is 5.96 Å². The second-order valence-electron chi connectivity index (χ2n) is 6.72. The Labute approximate surface area is 184 Å². The first-order valence-corrected chi connectivity index (χ1v) is 10.2. The Bertz CT molecular complexity index is 704. The molecule has 3 rings (SSSR count). The molecule has 1 saturated heterocycles. The van der Waals surface area contributed by atoms with Crippen LogP contribution < -0.4 is 5.32 Å². The largest absolute Gasteiger partial charge is 0.376 e. The van der Waals surface area contributed by atoms with E-state index in [0.29, 0.717) is 12.5 Å². The summed E-state index contributed by atoms with van der Waals surface area (Å²) in [7, 11) is 1.87. The predicted molar refractivity (Wildman–Crippen MR) is 125 cm³/mol. The lowest BCUT2D eigenvalue weighted by Crippen LogP contribution is -2.39. The third-order valence-corrected chi connectivity index (χ3v) is 5.98. The highest BCUT2D eigenvalue weighted by atomic mass is 127. The number of nitrogens with zero attached hydrogens (tertiary/aromatic N) is 2. The van der Waals surface area contributed by atoms with Gasteiger partial charge in [0.25, 0.3) is 0 Å². The van der Waals surface area contributed by atoms with Crippen LogP contribution >= 0.6 is 35.3 Å². The van der Waals surface area contributed by atoms with Gasteiger partial charge in [-0.05, 0) is 30.5 Å². The van der Waals surface area contributed by atoms with Gasteiger partial charge >= 0.3 is 0 Å². The molecule has 1 atom stereocenters. The Morgan fingerprint density at radius 1 is 1.22 bits per heavy atom. The van der Waals surface area contributed by atoms with Crippen LogP contribution in [0.2, 0.25) is 0 Å². The molecule has 148 valence electrons. The topological polar surface area (TPSA) is 36.9 Å². The quantitative estimate of drug-likeness (QED) is 0.345. The molecule has 6 heteroatoms. The number of rotatable bonds is 7. The van der Waals surface area contributed by atoms with E-state index in [9.17, 15) is 0 Å². The maximum absolute atomic E-state index is 5.92. The summed E-state index contributed by atoms with van der Waals surface area (Å²) in [5, 5.41) is 3.51. The van der Waals surface area contributed by atoms with Crippen molar-refractivity contribution < 1.29 is 4.74 Å². The van der Waals surface area contributed by atoms with E-state index < -0.39 is 0 Å². The Hall–Kier alpha value is -1.12. The molecule has 0 spiro atoms. The summed E-state index contributed by atoms with van der Waals surface area (Å²) in [6.07, 6.45) is 2.27. The van der Waals surface area contributed by atoms with Crippen LogP contribution in [0.5, 0.6) is 0 Å². The van der Waals surface area contributed by atoms with Gasteiger partial charge in [-0.1, -0.05) is 37.3 Å². The normalized spacial score (nSPS) is 17.0. The number of hydrogen-bond acceptors (Lipinski definition) is 3. The van der Waals surface area contributed by atoms with Crippen LogP contribution in [0.3, 0.4) is 0 Å². The maximum atomic E-state index is 5.92. The predicted octanol–water partition coefficient (Wildman–Crippen LogP) is 4.54. The van der Waals surface area contributed by atoms with Crippen molar-refractivity contribution in [3.05, 3.63) is 57.8 Å². The van der Waals surface area contributed by atoms with Gasteiger partial charge in [-0.2, -0.15) is 0 Å². The van der Waals surface area contributed by atoms with Crippen LogP contribution in [-0.4, -0.2) is 37.6 Å². The molecular weight excluding hydrogens is 469 g/mol. The van der Waals surface area contributed by atoms with Gasteiger partial charge in [-0.15, -0.1) is 35.3 Å². The van der Waals surface area contributed by atoms with E-state index in [-0.39, 0.29) is 24.0 Å². The smallest absolute Gasteiger partial charge is 0.193 e. The number of likely N-dealkylation sites (tertiary alicyclic amines) is 1. The number of thiophene rings is 1. The van der Waals surface area contributed by atoms with E-state index in [1.807, 2.05) is 24.5 Å². The minimum absolute atomic E-state index is 0. The SMILES string of the molecule is CCc1ccc(CNC(=NC)N2CCC(COCc3ccccc3)C2)s1.I. The van der Waals surface area contributed by atoms with Gasteiger partial charge in [0, 0.05) is 35.8 Å². The number of aliphatic imine (C=N–C) groups is 1. The van der Waals surface area contributed by atoms with Crippen molar-refractivity contribution >= 4 is 41.3 Å². The summed E-state index contributed by atoms with van der Waals surface area (Å²) in [5.41, 5.74) is 1.24. The van der Waals surface area contributed by atoms with Crippen LogP contribution in [0.25, 0.3) is 0 Å². The van der Waals surface area contributed by atoms with E-state index in [1.165, 1.54) is 15.3 Å². The van der Waals surface area contributed by atoms with Crippen LogP contribution in [0.15, 0.2) is 47.5 Å². The van der Waals surface area contributed by atoms with Gasteiger partial charge in [0.2, 0.25) is 0 Å². The summed E-state index contributed by atoms with van der Waals surface area (Å²) >= 11 is 1.88. The molecule has 0 amide bonds. The molecule has 1 unspecified atom stereocenters. The first kappa shape index (κ1) is 22.2. The molecule has 1 fully saturated rings. The van der Waals surface area contributed by atoms with Crippen molar-refractivity contribution in [3.63, 3.8) is 0 Å². The highest BCUT2D eigenvalue weighted by molar-refractivity contribution is 14.0. The van der Waals surface area contributed by atoms with Crippen molar-refractivity contribution in [1.82, 2.24) is 10.2 Å². The fourth-order valence-corrected chi connectivity index (χ4v) is 4.18. The standard InChI is InChI=1S/C21H29N3OS.HI/c1-3-19-9-10-20(26-19)13-23-21(22-2)24-12-11-18(14-24)16-25-15-17-7-5-4-6-8-17;/h4-10,18H,3,11-16H2,1-2H3,(H,22,23);1H. The van der Waals surface area contributed by atoms with Gasteiger partial charge in [0.1, 0.15) is 0 Å². The van der Waals surface area contributed by atoms with Crippen molar-refractivity contribution in [2.75, 3.05) is 26.7 Å². The highest BCUT2D eigenvalue weighted by Gasteiger charge is 2.25. The molecule has 0 saturated carbocycles. The Morgan fingerprint density at radius 2 is 2.00 bits per heavy atom. The van der Waals surface area contributed by atoms with Crippen molar-refractivity contribution in [3.8, 4) is 0 Å². The second-order valence-corrected chi connectivity index (χ2v) is 7.98. The third-order valence-electron chi connectivity index (χ3n) is 4.75. The lowest BCUT2D eigenvalue weighted by molar-refractivity contribution is 0.0906. The number of guanidine groups is 1. The molecule has 0 aliphatic carbocycles. The van der Waals surface area contributed by atoms with Crippen molar-refractivity contribution in [2.24, 2.45) is 10.9 Å². The number of nitrogens with one attached hydrogen (secondary N) is 1. The summed E-state index contributed by atoms with van der Waals surface area (Å²) in [5.74, 6) is 1.58. The molecule has 1 N–H and O–H groups in total. The van der Waals surface area contributed by atoms with Crippen LogP contribution in [-0.2, 0) is 24.3 Å². The third kappa shape index (κ3) is 6.76. The average molecular weight is 499 g/mol. The van der Waals surface area contributed by atoms with Crippen LogP contribution in [0.4, 0.5) is 0 Å². The molecule has 1 aliphatic rings. The molecule has 4 nitrogen and oxygen atoms in total. The fourth-order valence-electron chi connectivity index (χ4n) is 3.28. The maximum Gasteiger partial charge on any atom is 0.193 e. The second kappa shape index (κ2) is 11.7. The molecule has 1 aromatic heterocycles. The Balaban J connectivity index is 0.00000261. The summed E-state index contributed by atoms with van der Waals surface area (Å²) in [6, 6.07) is 14.8. The molecular formula is C21H30IN3OS. The van der Waals surface area contributed by atoms with E-state index in [1.54, 1.807) is 0 Å². The van der Waals surface area contributed by atoms with Crippen LogP contribution in [0, 0.1) is 5.92 Å². The minimum Gasteiger partial charge on any atom is -0.376 e. The Morgan fingerprint density at radius 3 is 2.70 bits per heavy atom. The zero-order chi connectivity index (χ0) is 18.2. The number of halogens is 1. The van der Waals surface area contributed by atoms with Gasteiger partial charge in [-0.25, -0.2) is 0 Å². The summed E-state index contributed by atoms with van der Waals surface area (Å²) < 4.78 is 5.92. The van der Waals surface area contributed by atoms with Gasteiger partial charge in [-0.3, -0.25) is 4.99 Å². The molecule has 0 radical (unpaired) electrons. The molecule has 0 bridgehead atoms. The molecule has 2 heterocycles. The monoisotopic (exact) mass is 499 g/mol. The molecule has 1 aliphatic heterocycles. The number of ether oxygens (including phenoxy) is 1. The van der Waals surface area contributed by atoms with Crippen molar-refractivity contribution in [1.29, 1.82) is 0 Å². The zero-order valence-corrected chi connectivity index (χ0v) is 19.3. The van der Waals surface area contributed by atoms with E-state index >= 15 is 0 Å². The summed E-state index contributed by atoms with van der Waals surface area (Å²) in [6.45, 7) is 6.62. The Kier molecular flexibility index (Phi) is 9.58. The minimum atomic E-state index is 0. The van der Waals surface area contributed by atoms with Crippen molar-refractivity contribution in [2.45, 2.75) is 32.9 Å². The number of hydrogen-bond donors (Lipinski definition) is 1. The lowest BCUT2D eigenvalue weighted by Gasteiger charge is -2.21. The van der Waals surface area contributed by atoms with E-state index in [2.05, 4.69) is 58.5 Å². The fraction of sp³-hybridized carbons (Fsp3) is 0.476. The first-order valence-electron chi connectivity index (χ1n) is 9.43. The number of benzene rings is 1. The van der Waals surface area contributed by atoms with E-state index in [0.717, 1.165) is 45.0 Å². The van der Waals surface area contributed by atoms with Crippen LogP contribution in [0.1, 0.15) is 28.7 Å². The molecule has 1 aromatic carbocycles.